The molecular formula is C15H18O3. The first-order chi connectivity index (χ1) is 8.66. The maximum absolute atomic E-state index is 10.5. The van der Waals surface area contributed by atoms with E-state index >= 15 is 0 Å². The normalized spacial score (nSPS) is 19.4. The largest absolute Gasteiger partial charge is 0.478 e. The Labute approximate surface area is 107 Å². The Morgan fingerprint density at radius 3 is 3.06 bits per heavy atom. The fourth-order valence-electron chi connectivity index (χ4n) is 2.37. The van der Waals surface area contributed by atoms with E-state index in [0.29, 0.717) is 6.61 Å². The summed E-state index contributed by atoms with van der Waals surface area (Å²) in [6, 6.07) is 8.33. The van der Waals surface area contributed by atoms with Crippen LogP contribution in [0.3, 0.4) is 0 Å². The average Bonchev–Trinajstić information content (AvgIpc) is 2.35. The number of carboxylic acids is 1. The Kier molecular flexibility index (Phi) is 4.15. The van der Waals surface area contributed by atoms with Gasteiger partial charge < -0.3 is 9.84 Å². The second kappa shape index (κ2) is 5.83. The van der Waals surface area contributed by atoms with Crippen molar-refractivity contribution in [2.24, 2.45) is 0 Å². The van der Waals surface area contributed by atoms with Gasteiger partial charge in [-0.2, -0.15) is 0 Å². The van der Waals surface area contributed by atoms with Crippen LogP contribution in [0.15, 0.2) is 35.9 Å². The van der Waals surface area contributed by atoms with Gasteiger partial charge in [0.15, 0.2) is 0 Å². The topological polar surface area (TPSA) is 46.5 Å². The molecule has 0 radical (unpaired) electrons. The number of ether oxygens (including phenoxy) is 1. The van der Waals surface area contributed by atoms with Gasteiger partial charge in [-0.3, -0.25) is 0 Å². The molecule has 0 spiro atoms. The van der Waals surface area contributed by atoms with Gasteiger partial charge in [0.05, 0.1) is 12.7 Å². The van der Waals surface area contributed by atoms with Gasteiger partial charge in [0.1, 0.15) is 0 Å². The number of aryl methyl sites for hydroxylation is 1. The number of fused-ring (bicyclic) bond motifs is 1. The SMILES string of the molecule is CC(=CC(=O)O)COC1CCCc2ccccc21. The van der Waals surface area contributed by atoms with Crippen molar-refractivity contribution in [2.45, 2.75) is 32.3 Å². The quantitative estimate of drug-likeness (QED) is 0.830. The molecule has 18 heavy (non-hydrogen) atoms. The highest BCUT2D eigenvalue weighted by molar-refractivity contribution is 5.80. The molecule has 1 aliphatic carbocycles. The molecule has 1 aromatic rings. The molecule has 96 valence electrons. The van der Waals surface area contributed by atoms with Crippen molar-refractivity contribution in [3.05, 3.63) is 47.0 Å². The highest BCUT2D eigenvalue weighted by Crippen LogP contribution is 2.32. The zero-order valence-corrected chi connectivity index (χ0v) is 10.6. The van der Waals surface area contributed by atoms with Gasteiger partial charge in [0, 0.05) is 6.08 Å². The van der Waals surface area contributed by atoms with Crippen LogP contribution in [-0.4, -0.2) is 17.7 Å². The van der Waals surface area contributed by atoms with Crippen molar-refractivity contribution in [3.63, 3.8) is 0 Å². The van der Waals surface area contributed by atoms with Gasteiger partial charge in [0.25, 0.3) is 0 Å². The van der Waals surface area contributed by atoms with E-state index in [1.165, 1.54) is 17.2 Å². The molecule has 1 atom stereocenters. The molecule has 0 saturated carbocycles. The van der Waals surface area contributed by atoms with Crippen molar-refractivity contribution >= 4 is 5.97 Å². The molecule has 0 heterocycles. The summed E-state index contributed by atoms with van der Waals surface area (Å²) in [4.78, 5) is 10.5. The summed E-state index contributed by atoms with van der Waals surface area (Å²) in [7, 11) is 0. The second-order valence-corrected chi connectivity index (χ2v) is 4.72. The standard InChI is InChI=1S/C15H18O3/c1-11(9-15(16)17)10-18-14-8-4-6-12-5-2-3-7-13(12)14/h2-3,5,7,9,14H,4,6,8,10H2,1H3,(H,16,17). The first kappa shape index (κ1) is 12.8. The van der Waals surface area contributed by atoms with Crippen LogP contribution in [0.4, 0.5) is 0 Å². The molecule has 0 aliphatic heterocycles. The van der Waals surface area contributed by atoms with Crippen molar-refractivity contribution in [1.29, 1.82) is 0 Å². The predicted molar refractivity (Wildman–Crippen MR) is 69.5 cm³/mol. The van der Waals surface area contributed by atoms with E-state index in [4.69, 9.17) is 9.84 Å². The summed E-state index contributed by atoms with van der Waals surface area (Å²) in [5, 5.41) is 8.65. The van der Waals surface area contributed by atoms with Crippen molar-refractivity contribution < 1.29 is 14.6 Å². The summed E-state index contributed by atoms with van der Waals surface area (Å²) < 4.78 is 5.84. The van der Waals surface area contributed by atoms with E-state index in [0.717, 1.165) is 24.8 Å². The third kappa shape index (κ3) is 3.20. The molecule has 3 nitrogen and oxygen atoms in total. The first-order valence-electron chi connectivity index (χ1n) is 6.26. The number of rotatable bonds is 4. The van der Waals surface area contributed by atoms with Crippen LogP contribution in [0.1, 0.15) is 37.0 Å². The number of hydrogen-bond acceptors (Lipinski definition) is 2. The van der Waals surface area contributed by atoms with E-state index in [-0.39, 0.29) is 6.10 Å². The van der Waals surface area contributed by atoms with E-state index in [2.05, 4.69) is 18.2 Å². The molecule has 0 bridgehead atoms. The molecule has 0 fully saturated rings. The van der Waals surface area contributed by atoms with E-state index in [1.54, 1.807) is 6.92 Å². The smallest absolute Gasteiger partial charge is 0.328 e. The van der Waals surface area contributed by atoms with Crippen LogP contribution in [0.2, 0.25) is 0 Å². The lowest BCUT2D eigenvalue weighted by molar-refractivity contribution is -0.131. The Morgan fingerprint density at radius 2 is 2.28 bits per heavy atom. The molecule has 0 aromatic heterocycles. The fraction of sp³-hybridized carbons (Fsp3) is 0.400. The molecule has 1 aliphatic rings. The number of hydrogen-bond donors (Lipinski definition) is 1. The minimum atomic E-state index is -0.917. The summed E-state index contributed by atoms with van der Waals surface area (Å²) in [5.74, 6) is -0.917. The summed E-state index contributed by atoms with van der Waals surface area (Å²) >= 11 is 0. The lowest BCUT2D eigenvalue weighted by atomic mass is 9.89. The molecule has 3 heteroatoms. The number of carbonyl (C=O) groups is 1. The van der Waals surface area contributed by atoms with Gasteiger partial charge in [-0.15, -0.1) is 0 Å². The third-order valence-corrected chi connectivity index (χ3v) is 3.20. The van der Waals surface area contributed by atoms with Gasteiger partial charge in [-0.05, 0) is 42.9 Å². The summed E-state index contributed by atoms with van der Waals surface area (Å²) in [6.07, 6.45) is 4.56. The van der Waals surface area contributed by atoms with Gasteiger partial charge >= 0.3 is 5.97 Å². The number of aliphatic carboxylic acids is 1. The van der Waals surface area contributed by atoms with Crippen molar-refractivity contribution in [3.8, 4) is 0 Å². The molecule has 1 N–H and O–H groups in total. The van der Waals surface area contributed by atoms with Crippen molar-refractivity contribution in [1.82, 2.24) is 0 Å². The first-order valence-corrected chi connectivity index (χ1v) is 6.26. The van der Waals surface area contributed by atoms with Crippen LogP contribution in [0, 0.1) is 0 Å². The highest BCUT2D eigenvalue weighted by atomic mass is 16.5. The molecule has 1 unspecified atom stereocenters. The zero-order chi connectivity index (χ0) is 13.0. The van der Waals surface area contributed by atoms with Crippen molar-refractivity contribution in [2.75, 3.05) is 6.61 Å². The maximum atomic E-state index is 10.5. The molecule has 1 aromatic carbocycles. The van der Waals surface area contributed by atoms with Gasteiger partial charge in [-0.1, -0.05) is 24.3 Å². The maximum Gasteiger partial charge on any atom is 0.328 e. The monoisotopic (exact) mass is 246 g/mol. The Hall–Kier alpha value is -1.61. The Bertz CT molecular complexity index is 463. The van der Waals surface area contributed by atoms with Gasteiger partial charge in [0.2, 0.25) is 0 Å². The van der Waals surface area contributed by atoms with Crippen LogP contribution >= 0.6 is 0 Å². The molecule has 2 rings (SSSR count). The predicted octanol–water partition coefficient (Wildman–Crippen LogP) is 3.11. The number of benzene rings is 1. The average molecular weight is 246 g/mol. The Morgan fingerprint density at radius 1 is 1.50 bits per heavy atom. The van der Waals surface area contributed by atoms with E-state index in [1.807, 2.05) is 6.07 Å². The van der Waals surface area contributed by atoms with Crippen LogP contribution in [0.5, 0.6) is 0 Å². The lowest BCUT2D eigenvalue weighted by Crippen LogP contribution is -2.14. The number of carboxylic acid groups (broad SMARTS) is 1. The molecule has 0 amide bonds. The van der Waals surface area contributed by atoms with Crippen LogP contribution in [0.25, 0.3) is 0 Å². The van der Waals surface area contributed by atoms with Crippen LogP contribution in [-0.2, 0) is 16.0 Å². The van der Waals surface area contributed by atoms with Crippen LogP contribution < -0.4 is 0 Å². The minimum Gasteiger partial charge on any atom is -0.478 e. The minimum absolute atomic E-state index is 0.104. The summed E-state index contributed by atoms with van der Waals surface area (Å²) in [6.45, 7) is 2.16. The molecular weight excluding hydrogens is 228 g/mol. The lowest BCUT2D eigenvalue weighted by Gasteiger charge is -2.25. The zero-order valence-electron chi connectivity index (χ0n) is 10.6. The summed E-state index contributed by atoms with van der Waals surface area (Å²) in [5.41, 5.74) is 3.35. The second-order valence-electron chi connectivity index (χ2n) is 4.72. The highest BCUT2D eigenvalue weighted by Gasteiger charge is 2.20. The van der Waals surface area contributed by atoms with E-state index < -0.39 is 5.97 Å². The molecule has 0 saturated heterocycles. The fourth-order valence-corrected chi connectivity index (χ4v) is 2.37. The van der Waals surface area contributed by atoms with E-state index in [9.17, 15) is 4.79 Å². The third-order valence-electron chi connectivity index (χ3n) is 3.20. The van der Waals surface area contributed by atoms with Gasteiger partial charge in [-0.25, -0.2) is 4.79 Å². The Balaban J connectivity index is 2.01.